The predicted octanol–water partition coefficient (Wildman–Crippen LogP) is 3.72. The van der Waals surface area contributed by atoms with Crippen LogP contribution < -0.4 is 0 Å². The van der Waals surface area contributed by atoms with E-state index < -0.39 is 14.1 Å². The first-order valence-electron chi connectivity index (χ1n) is 6.58. The van der Waals surface area contributed by atoms with Crippen LogP contribution in [0.5, 0.6) is 0 Å². The summed E-state index contributed by atoms with van der Waals surface area (Å²) in [6.45, 7) is 20.3. The molecule has 1 atom stereocenters. The van der Waals surface area contributed by atoms with Crippen LogP contribution in [0.2, 0.25) is 18.1 Å². The van der Waals surface area contributed by atoms with E-state index in [2.05, 4.69) is 40.4 Å². The molecule has 0 spiro atoms. The van der Waals surface area contributed by atoms with Crippen molar-refractivity contribution in [2.45, 2.75) is 64.6 Å². The molecule has 0 aromatic heterocycles. The van der Waals surface area contributed by atoms with Crippen molar-refractivity contribution in [1.29, 1.82) is 0 Å². The standard InChI is InChI=1S/C14H28O3Si/c1-11(12-10-15-14(5,6)17-12)9-16-18(7,8)13(2,3)4/h12H,1,9-10H2,2-8H3/t12-/m1/s1/i1+1. The van der Waals surface area contributed by atoms with Crippen molar-refractivity contribution in [3.05, 3.63) is 12.2 Å². The highest BCUT2D eigenvalue weighted by Gasteiger charge is 2.39. The fourth-order valence-corrected chi connectivity index (χ4v) is 2.45. The van der Waals surface area contributed by atoms with Gasteiger partial charge < -0.3 is 13.9 Å². The number of hydrogen-bond acceptors (Lipinski definition) is 3. The maximum atomic E-state index is 6.14. The highest BCUT2D eigenvalue weighted by Crippen LogP contribution is 2.37. The molecule has 1 fully saturated rings. The molecule has 1 aliphatic rings. The highest BCUT2D eigenvalue weighted by atomic mass is 28.4. The molecule has 1 aliphatic heterocycles. The second kappa shape index (κ2) is 5.08. The zero-order valence-corrected chi connectivity index (χ0v) is 13.9. The molecule has 0 saturated carbocycles. The lowest BCUT2D eigenvalue weighted by Gasteiger charge is -2.36. The van der Waals surface area contributed by atoms with Crippen LogP contribution in [0, 0.1) is 0 Å². The maximum absolute atomic E-state index is 6.14. The minimum absolute atomic E-state index is 0.0373. The van der Waals surface area contributed by atoms with Crippen molar-refractivity contribution < 1.29 is 13.9 Å². The van der Waals surface area contributed by atoms with Crippen LogP contribution in [0.25, 0.3) is 0 Å². The molecule has 0 radical (unpaired) electrons. The second-order valence-electron chi connectivity index (χ2n) is 7.02. The summed E-state index contributed by atoms with van der Waals surface area (Å²) in [5, 5.41) is 0.222. The Kier molecular flexibility index (Phi) is 4.48. The molecule has 1 heterocycles. The van der Waals surface area contributed by atoms with Crippen molar-refractivity contribution in [3.63, 3.8) is 0 Å². The molecule has 0 bridgehead atoms. The summed E-state index contributed by atoms with van der Waals surface area (Å²) >= 11 is 0. The molecule has 0 N–H and O–H groups in total. The molecule has 18 heavy (non-hydrogen) atoms. The first-order chi connectivity index (χ1) is 7.95. The van der Waals surface area contributed by atoms with E-state index >= 15 is 0 Å². The van der Waals surface area contributed by atoms with Gasteiger partial charge in [0.05, 0.1) is 13.2 Å². The van der Waals surface area contributed by atoms with Crippen LogP contribution in [-0.2, 0) is 13.9 Å². The van der Waals surface area contributed by atoms with Gasteiger partial charge in [0, 0.05) is 0 Å². The van der Waals surface area contributed by atoms with Gasteiger partial charge in [0.25, 0.3) is 0 Å². The zero-order valence-electron chi connectivity index (χ0n) is 12.9. The fourth-order valence-electron chi connectivity index (χ4n) is 1.47. The summed E-state index contributed by atoms with van der Waals surface area (Å²) < 4.78 is 17.5. The van der Waals surface area contributed by atoms with Gasteiger partial charge in [-0.2, -0.15) is 0 Å². The molecule has 0 aromatic carbocycles. The Morgan fingerprint density at radius 3 is 2.33 bits per heavy atom. The summed E-state index contributed by atoms with van der Waals surface area (Å²) in [6, 6.07) is 0. The van der Waals surface area contributed by atoms with Crippen LogP contribution in [0.15, 0.2) is 12.2 Å². The monoisotopic (exact) mass is 273 g/mol. The highest BCUT2D eigenvalue weighted by molar-refractivity contribution is 6.74. The molecule has 0 amide bonds. The van der Waals surface area contributed by atoms with E-state index in [9.17, 15) is 0 Å². The van der Waals surface area contributed by atoms with E-state index in [1.54, 1.807) is 0 Å². The minimum atomic E-state index is -1.71. The van der Waals surface area contributed by atoms with Gasteiger partial charge in [0.15, 0.2) is 14.1 Å². The van der Waals surface area contributed by atoms with Crippen LogP contribution in [0.3, 0.4) is 0 Å². The summed E-state index contributed by atoms with van der Waals surface area (Å²) in [5.74, 6) is -0.495. The quantitative estimate of drug-likeness (QED) is 0.444. The van der Waals surface area contributed by atoms with Crippen LogP contribution in [0.4, 0.5) is 0 Å². The lowest BCUT2D eigenvalue weighted by Crippen LogP contribution is -2.41. The van der Waals surface area contributed by atoms with Gasteiger partial charge in [0.2, 0.25) is 0 Å². The average Bonchev–Trinajstić information content (AvgIpc) is 2.53. The lowest BCUT2D eigenvalue weighted by molar-refractivity contribution is -0.134. The summed E-state index contributed by atoms with van der Waals surface area (Å²) in [6.07, 6.45) is -0.0373. The molecule has 1 saturated heterocycles. The summed E-state index contributed by atoms with van der Waals surface area (Å²) in [7, 11) is -1.71. The van der Waals surface area contributed by atoms with Crippen molar-refractivity contribution >= 4 is 8.32 Å². The van der Waals surface area contributed by atoms with Crippen molar-refractivity contribution in [2.24, 2.45) is 0 Å². The zero-order chi connectivity index (χ0) is 14.2. The molecule has 106 valence electrons. The van der Waals surface area contributed by atoms with Gasteiger partial charge >= 0.3 is 0 Å². The molecule has 3 nitrogen and oxygen atoms in total. The minimum Gasteiger partial charge on any atom is -0.413 e. The van der Waals surface area contributed by atoms with E-state index in [0.29, 0.717) is 13.2 Å². The van der Waals surface area contributed by atoms with Gasteiger partial charge in [-0.1, -0.05) is 27.4 Å². The Morgan fingerprint density at radius 2 is 1.94 bits per heavy atom. The Labute approximate surface area is 113 Å². The van der Waals surface area contributed by atoms with Gasteiger partial charge in [0.1, 0.15) is 6.10 Å². The Bertz CT molecular complexity index is 315. The predicted molar refractivity (Wildman–Crippen MR) is 77.2 cm³/mol. The second-order valence-corrected chi connectivity index (χ2v) is 11.8. The first-order valence-corrected chi connectivity index (χ1v) is 9.49. The number of rotatable bonds is 4. The number of hydrogen-bond donors (Lipinski definition) is 0. The lowest BCUT2D eigenvalue weighted by atomic mass is 10.2. The molecule has 0 unspecified atom stereocenters. The third-order valence-corrected chi connectivity index (χ3v) is 8.37. The van der Waals surface area contributed by atoms with Crippen LogP contribution in [0.1, 0.15) is 34.6 Å². The van der Waals surface area contributed by atoms with E-state index in [0.717, 1.165) is 5.57 Å². The van der Waals surface area contributed by atoms with Crippen molar-refractivity contribution in [3.8, 4) is 0 Å². The summed E-state index contributed by atoms with van der Waals surface area (Å²) in [4.78, 5) is 0. The largest absolute Gasteiger partial charge is 0.413 e. The van der Waals surface area contributed by atoms with Crippen LogP contribution in [-0.4, -0.2) is 33.4 Å². The van der Waals surface area contributed by atoms with Crippen LogP contribution >= 0.6 is 0 Å². The average molecular weight is 273 g/mol. The van der Waals surface area contributed by atoms with Crippen molar-refractivity contribution in [1.82, 2.24) is 0 Å². The topological polar surface area (TPSA) is 27.7 Å². The molecular weight excluding hydrogens is 245 g/mol. The Balaban J connectivity index is 2.48. The first kappa shape index (κ1) is 15.9. The molecular formula is C14H28O3Si. The molecule has 1 rings (SSSR count). The third-order valence-electron chi connectivity index (χ3n) is 3.89. The smallest absolute Gasteiger partial charge is 0.192 e. The summed E-state index contributed by atoms with van der Waals surface area (Å²) in [5.41, 5.74) is 0.977. The fraction of sp³-hybridized carbons (Fsp3) is 0.857. The Morgan fingerprint density at radius 1 is 1.39 bits per heavy atom. The molecule has 0 aliphatic carbocycles. The Hall–Kier alpha value is -0.163. The van der Waals surface area contributed by atoms with E-state index in [-0.39, 0.29) is 11.1 Å². The van der Waals surface area contributed by atoms with Gasteiger partial charge in [-0.25, -0.2) is 0 Å². The maximum Gasteiger partial charge on any atom is 0.192 e. The van der Waals surface area contributed by atoms with Crippen molar-refractivity contribution in [2.75, 3.05) is 13.2 Å². The van der Waals surface area contributed by atoms with E-state index in [1.807, 2.05) is 13.8 Å². The number of ether oxygens (including phenoxy) is 2. The van der Waals surface area contributed by atoms with Gasteiger partial charge in [-0.3, -0.25) is 0 Å². The third kappa shape index (κ3) is 3.92. The van der Waals surface area contributed by atoms with E-state index in [1.165, 1.54) is 0 Å². The molecule has 0 aromatic rings. The van der Waals surface area contributed by atoms with Gasteiger partial charge in [-0.15, -0.1) is 0 Å². The van der Waals surface area contributed by atoms with E-state index in [4.69, 9.17) is 13.9 Å². The normalized spacial score (nSPS) is 24.3. The SMILES string of the molecule is CC1(C)OC[C@H](C(=[13CH2])CO[Si](C)(C)C(C)(C)C)O1. The molecule has 4 heteroatoms. The van der Waals surface area contributed by atoms with Gasteiger partial charge in [-0.05, 0) is 37.6 Å².